The largest absolute Gasteiger partial charge is 0.339 e. The molecule has 0 bridgehead atoms. The Morgan fingerprint density at radius 3 is 2.16 bits per heavy atom. The average Bonchev–Trinajstić information content (AvgIpc) is 2.47. The van der Waals surface area contributed by atoms with Gasteiger partial charge in [0.1, 0.15) is 5.38 Å². The second-order valence-electron chi connectivity index (χ2n) is 3.91. The quantitative estimate of drug-likeness (QED) is 0.750. The summed E-state index contributed by atoms with van der Waals surface area (Å²) in [6.07, 6.45) is 0.463. The van der Waals surface area contributed by atoms with Gasteiger partial charge in [0.15, 0.2) is 0 Å². The number of hydrogen-bond donors (Lipinski definition) is 0. The summed E-state index contributed by atoms with van der Waals surface area (Å²) in [6.45, 7) is 0.597. The van der Waals surface area contributed by atoms with Crippen LogP contribution in [0, 0.1) is 22.7 Å². The van der Waals surface area contributed by atoms with Crippen LogP contribution in [0.25, 0.3) is 0 Å². The molecule has 1 amide bonds. The molecule has 0 fully saturated rings. The molecule has 19 heavy (non-hydrogen) atoms. The van der Waals surface area contributed by atoms with Gasteiger partial charge < -0.3 is 4.90 Å². The van der Waals surface area contributed by atoms with Crippen LogP contribution in [-0.4, -0.2) is 23.9 Å². The molecule has 4 nitrogen and oxygen atoms in total. The van der Waals surface area contributed by atoms with Crippen LogP contribution in [0.4, 0.5) is 0 Å². The molecule has 1 unspecified atom stereocenters. The van der Waals surface area contributed by atoms with E-state index in [9.17, 15) is 4.79 Å². The standard InChI is InChI=1S/C14H14ClN3O/c15-13(12-6-2-1-3-7-12)14(19)18(10-4-8-16)11-5-9-17/h1-3,6-7,13H,4-5,10-11H2. The van der Waals surface area contributed by atoms with Gasteiger partial charge in [-0.25, -0.2) is 0 Å². The Morgan fingerprint density at radius 2 is 1.68 bits per heavy atom. The third-order valence-electron chi connectivity index (χ3n) is 2.61. The maximum absolute atomic E-state index is 12.2. The number of carbonyl (C=O) groups is 1. The van der Waals surface area contributed by atoms with Gasteiger partial charge in [-0.1, -0.05) is 30.3 Å². The van der Waals surface area contributed by atoms with Gasteiger partial charge in [-0.05, 0) is 5.56 Å². The van der Waals surface area contributed by atoms with Crippen LogP contribution in [0.5, 0.6) is 0 Å². The second-order valence-corrected chi connectivity index (χ2v) is 4.35. The van der Waals surface area contributed by atoms with Gasteiger partial charge in [0, 0.05) is 13.1 Å². The molecule has 5 heteroatoms. The van der Waals surface area contributed by atoms with Gasteiger partial charge in [0.2, 0.25) is 5.91 Å². The number of alkyl halides is 1. The number of hydrogen-bond acceptors (Lipinski definition) is 3. The Hall–Kier alpha value is -2.04. The van der Waals surface area contributed by atoms with E-state index in [-0.39, 0.29) is 18.7 Å². The zero-order valence-electron chi connectivity index (χ0n) is 10.4. The predicted molar refractivity (Wildman–Crippen MR) is 72.1 cm³/mol. The van der Waals surface area contributed by atoms with Crippen molar-refractivity contribution < 1.29 is 4.79 Å². The molecule has 0 radical (unpaired) electrons. The molecular weight excluding hydrogens is 262 g/mol. The van der Waals surface area contributed by atoms with Crippen molar-refractivity contribution in [2.75, 3.05) is 13.1 Å². The van der Waals surface area contributed by atoms with E-state index < -0.39 is 5.38 Å². The lowest BCUT2D eigenvalue weighted by Gasteiger charge is -2.23. The first-order chi connectivity index (χ1) is 9.20. The highest BCUT2D eigenvalue weighted by Crippen LogP contribution is 2.22. The fourth-order valence-corrected chi connectivity index (χ4v) is 1.91. The van der Waals surface area contributed by atoms with Crippen molar-refractivity contribution in [3.8, 4) is 12.1 Å². The molecule has 0 aliphatic heterocycles. The van der Waals surface area contributed by atoms with Gasteiger partial charge in [0.05, 0.1) is 25.0 Å². The van der Waals surface area contributed by atoms with Crippen molar-refractivity contribution >= 4 is 17.5 Å². The van der Waals surface area contributed by atoms with Crippen LogP contribution in [-0.2, 0) is 4.79 Å². The first-order valence-corrected chi connectivity index (χ1v) is 6.36. The fraction of sp³-hybridized carbons (Fsp3) is 0.357. The van der Waals surface area contributed by atoms with E-state index in [1.54, 1.807) is 12.1 Å². The molecular formula is C14H14ClN3O. The van der Waals surface area contributed by atoms with E-state index >= 15 is 0 Å². The van der Waals surface area contributed by atoms with Gasteiger partial charge in [-0.2, -0.15) is 10.5 Å². The minimum atomic E-state index is -0.779. The predicted octanol–water partition coefficient (Wildman–Crippen LogP) is 2.62. The first-order valence-electron chi connectivity index (χ1n) is 5.92. The highest BCUT2D eigenvalue weighted by atomic mass is 35.5. The molecule has 0 N–H and O–H groups in total. The maximum Gasteiger partial charge on any atom is 0.245 e. The van der Waals surface area contributed by atoms with E-state index in [1.165, 1.54) is 4.90 Å². The minimum Gasteiger partial charge on any atom is -0.339 e. The molecule has 1 aromatic carbocycles. The Bertz CT molecular complexity index is 472. The van der Waals surface area contributed by atoms with Gasteiger partial charge >= 0.3 is 0 Å². The van der Waals surface area contributed by atoms with Crippen LogP contribution in [0.1, 0.15) is 23.8 Å². The number of carbonyl (C=O) groups excluding carboxylic acids is 1. The molecule has 0 aliphatic rings. The molecule has 1 aromatic rings. The third kappa shape index (κ3) is 4.62. The van der Waals surface area contributed by atoms with E-state index in [0.29, 0.717) is 18.7 Å². The highest BCUT2D eigenvalue weighted by Gasteiger charge is 2.23. The summed E-state index contributed by atoms with van der Waals surface area (Å²) in [5.74, 6) is -0.265. The zero-order chi connectivity index (χ0) is 14.1. The second kappa shape index (κ2) is 8.13. The molecule has 1 rings (SSSR count). The third-order valence-corrected chi connectivity index (χ3v) is 3.05. The zero-order valence-corrected chi connectivity index (χ0v) is 11.2. The number of amides is 1. The monoisotopic (exact) mass is 275 g/mol. The first kappa shape index (κ1) is 15.0. The van der Waals surface area contributed by atoms with Crippen LogP contribution in [0.2, 0.25) is 0 Å². The normalized spacial score (nSPS) is 11.1. The highest BCUT2D eigenvalue weighted by molar-refractivity contribution is 6.30. The summed E-state index contributed by atoms with van der Waals surface area (Å²) in [4.78, 5) is 13.7. The molecule has 0 saturated heterocycles. The smallest absolute Gasteiger partial charge is 0.245 e. The number of benzene rings is 1. The van der Waals surface area contributed by atoms with E-state index in [0.717, 1.165) is 0 Å². The summed E-state index contributed by atoms with van der Waals surface area (Å²) in [5, 5.41) is 16.4. The Labute approximate surface area is 117 Å². The van der Waals surface area contributed by atoms with E-state index in [1.807, 2.05) is 30.3 Å². The van der Waals surface area contributed by atoms with Crippen LogP contribution < -0.4 is 0 Å². The Balaban J connectivity index is 2.75. The van der Waals surface area contributed by atoms with Gasteiger partial charge in [-0.3, -0.25) is 4.79 Å². The summed E-state index contributed by atoms with van der Waals surface area (Å²) in [6, 6.07) is 13.0. The molecule has 0 saturated carbocycles. The number of nitriles is 2. The number of rotatable bonds is 6. The number of nitrogens with zero attached hydrogens (tertiary/aromatic N) is 3. The summed E-state index contributed by atoms with van der Waals surface area (Å²) in [5.41, 5.74) is 0.716. The Morgan fingerprint density at radius 1 is 1.16 bits per heavy atom. The van der Waals surface area contributed by atoms with Gasteiger partial charge in [0.25, 0.3) is 0 Å². The molecule has 0 spiro atoms. The maximum atomic E-state index is 12.2. The van der Waals surface area contributed by atoms with E-state index in [4.69, 9.17) is 22.1 Å². The summed E-state index contributed by atoms with van der Waals surface area (Å²) < 4.78 is 0. The SMILES string of the molecule is N#CCCN(CCC#N)C(=O)C(Cl)c1ccccc1. The summed E-state index contributed by atoms with van der Waals surface area (Å²) in [7, 11) is 0. The van der Waals surface area contributed by atoms with Crippen molar-refractivity contribution in [1.29, 1.82) is 10.5 Å². The lowest BCUT2D eigenvalue weighted by Crippen LogP contribution is -2.35. The molecule has 0 aromatic heterocycles. The van der Waals surface area contributed by atoms with Crippen molar-refractivity contribution in [3.63, 3.8) is 0 Å². The van der Waals surface area contributed by atoms with E-state index in [2.05, 4.69) is 0 Å². The van der Waals surface area contributed by atoms with Crippen LogP contribution >= 0.6 is 11.6 Å². The minimum absolute atomic E-state index is 0.232. The topological polar surface area (TPSA) is 67.9 Å². The van der Waals surface area contributed by atoms with Crippen molar-refractivity contribution in [2.45, 2.75) is 18.2 Å². The molecule has 98 valence electrons. The lowest BCUT2D eigenvalue weighted by atomic mass is 10.1. The van der Waals surface area contributed by atoms with Gasteiger partial charge in [-0.15, -0.1) is 11.6 Å². The lowest BCUT2D eigenvalue weighted by molar-refractivity contribution is -0.130. The van der Waals surface area contributed by atoms with Crippen molar-refractivity contribution in [1.82, 2.24) is 4.90 Å². The van der Waals surface area contributed by atoms with Crippen LogP contribution in [0.3, 0.4) is 0 Å². The Kier molecular flexibility index (Phi) is 6.43. The van der Waals surface area contributed by atoms with Crippen LogP contribution in [0.15, 0.2) is 30.3 Å². The molecule has 0 heterocycles. The number of halogens is 1. The van der Waals surface area contributed by atoms with Crippen molar-refractivity contribution in [2.24, 2.45) is 0 Å². The molecule has 0 aliphatic carbocycles. The molecule has 1 atom stereocenters. The summed E-state index contributed by atoms with van der Waals surface area (Å²) >= 11 is 6.15. The van der Waals surface area contributed by atoms with Crippen molar-refractivity contribution in [3.05, 3.63) is 35.9 Å². The average molecular weight is 276 g/mol. The fourth-order valence-electron chi connectivity index (χ4n) is 1.63.